The molecule has 3 rings (SSSR count). The molecule has 0 atom stereocenters. The van der Waals surface area contributed by atoms with Crippen molar-refractivity contribution in [3.8, 4) is 0 Å². The van der Waals surface area contributed by atoms with E-state index in [9.17, 15) is 9.90 Å². The number of hydrogen-bond acceptors (Lipinski definition) is 3. The molecule has 0 radical (unpaired) electrons. The van der Waals surface area contributed by atoms with Crippen LogP contribution in [0.15, 0.2) is 54.7 Å². The number of carbonyl (C=O) groups is 1. The van der Waals surface area contributed by atoms with Gasteiger partial charge in [0.05, 0.1) is 16.8 Å². The Labute approximate surface area is 122 Å². The summed E-state index contributed by atoms with van der Waals surface area (Å²) < 4.78 is 0. The highest BCUT2D eigenvalue weighted by molar-refractivity contribution is 5.99. The number of nitrogens with one attached hydrogen (secondary N) is 1. The van der Waals surface area contributed by atoms with Crippen molar-refractivity contribution >= 4 is 28.2 Å². The van der Waals surface area contributed by atoms with Crippen LogP contribution in [-0.4, -0.2) is 16.1 Å². The second-order valence-corrected chi connectivity index (χ2v) is 4.81. The lowest BCUT2D eigenvalue weighted by Gasteiger charge is -2.12. The molecule has 3 aromatic rings. The van der Waals surface area contributed by atoms with Gasteiger partial charge in [-0.15, -0.1) is 0 Å². The average Bonchev–Trinajstić information content (AvgIpc) is 2.49. The summed E-state index contributed by atoms with van der Waals surface area (Å²) in [5, 5.41) is 13.4. The van der Waals surface area contributed by atoms with E-state index in [2.05, 4.69) is 10.3 Å². The minimum absolute atomic E-state index is 0.245. The molecule has 1 heterocycles. The van der Waals surface area contributed by atoms with Crippen LogP contribution in [0.2, 0.25) is 0 Å². The minimum atomic E-state index is -0.951. The summed E-state index contributed by atoms with van der Waals surface area (Å²) >= 11 is 0. The van der Waals surface area contributed by atoms with E-state index in [1.54, 1.807) is 24.4 Å². The number of nitrogens with zero attached hydrogens (tertiary/aromatic N) is 1. The van der Waals surface area contributed by atoms with Crippen molar-refractivity contribution in [2.45, 2.75) is 6.92 Å². The molecule has 0 aliphatic rings. The molecule has 0 fully saturated rings. The highest BCUT2D eigenvalue weighted by atomic mass is 16.4. The smallest absolute Gasteiger partial charge is 0.337 e. The zero-order valence-corrected chi connectivity index (χ0v) is 11.5. The molecule has 4 heteroatoms. The number of pyridine rings is 1. The van der Waals surface area contributed by atoms with E-state index in [1.165, 1.54) is 0 Å². The van der Waals surface area contributed by atoms with Crippen LogP contribution >= 0.6 is 0 Å². The van der Waals surface area contributed by atoms with Gasteiger partial charge in [0, 0.05) is 17.3 Å². The van der Waals surface area contributed by atoms with Gasteiger partial charge in [0.15, 0.2) is 0 Å². The predicted molar refractivity (Wildman–Crippen MR) is 83.2 cm³/mol. The molecule has 0 aliphatic heterocycles. The fraction of sp³-hybridized carbons (Fsp3) is 0.0588. The first kappa shape index (κ1) is 13.1. The Morgan fingerprint density at radius 2 is 1.86 bits per heavy atom. The number of carboxylic acids is 1. The summed E-state index contributed by atoms with van der Waals surface area (Å²) in [6.45, 7) is 2.00. The molecule has 4 nitrogen and oxygen atoms in total. The van der Waals surface area contributed by atoms with E-state index >= 15 is 0 Å². The normalized spacial score (nSPS) is 10.5. The van der Waals surface area contributed by atoms with Gasteiger partial charge in [0.2, 0.25) is 0 Å². The van der Waals surface area contributed by atoms with Gasteiger partial charge >= 0.3 is 5.97 Å². The van der Waals surface area contributed by atoms with Crippen molar-refractivity contribution in [2.24, 2.45) is 0 Å². The van der Waals surface area contributed by atoms with Gasteiger partial charge < -0.3 is 10.4 Å². The van der Waals surface area contributed by atoms with E-state index in [0.717, 1.165) is 22.2 Å². The number of aryl methyl sites for hydroxylation is 1. The molecule has 0 aliphatic carbocycles. The monoisotopic (exact) mass is 278 g/mol. The first-order chi connectivity index (χ1) is 10.2. The number of rotatable bonds is 3. The standard InChI is InChI=1S/C17H14N2O2/c1-11-5-4-7-12-15(9-10-18-16(11)12)19-14-8-3-2-6-13(14)17(20)21/h2-10H,1H3,(H,18,19)(H,20,21). The number of carboxylic acid groups (broad SMARTS) is 1. The zero-order valence-electron chi connectivity index (χ0n) is 11.5. The maximum absolute atomic E-state index is 11.3. The fourth-order valence-corrected chi connectivity index (χ4v) is 2.36. The molecule has 0 spiro atoms. The van der Waals surface area contributed by atoms with Crippen molar-refractivity contribution in [1.82, 2.24) is 4.98 Å². The molecule has 0 saturated carbocycles. The Balaban J connectivity index is 2.11. The second-order valence-electron chi connectivity index (χ2n) is 4.81. The number of para-hydroxylation sites is 2. The molecule has 0 bridgehead atoms. The van der Waals surface area contributed by atoms with Crippen LogP contribution in [0.25, 0.3) is 10.9 Å². The summed E-state index contributed by atoms with van der Waals surface area (Å²) in [7, 11) is 0. The highest BCUT2D eigenvalue weighted by Crippen LogP contribution is 2.28. The molecule has 2 N–H and O–H groups in total. The van der Waals surface area contributed by atoms with Gasteiger partial charge in [-0.05, 0) is 30.7 Å². The summed E-state index contributed by atoms with van der Waals surface area (Å²) in [5.41, 5.74) is 3.66. The van der Waals surface area contributed by atoms with Crippen molar-refractivity contribution < 1.29 is 9.90 Å². The number of aromatic carboxylic acids is 1. The van der Waals surface area contributed by atoms with E-state index in [1.807, 2.05) is 37.3 Å². The van der Waals surface area contributed by atoms with Crippen LogP contribution in [0, 0.1) is 6.92 Å². The van der Waals surface area contributed by atoms with Crippen molar-refractivity contribution in [2.75, 3.05) is 5.32 Å². The van der Waals surface area contributed by atoms with Crippen molar-refractivity contribution in [3.63, 3.8) is 0 Å². The van der Waals surface area contributed by atoms with Crippen LogP contribution in [0.3, 0.4) is 0 Å². The average molecular weight is 278 g/mol. The molecule has 2 aromatic carbocycles. The Kier molecular flexibility index (Phi) is 3.28. The molecule has 0 saturated heterocycles. The Hall–Kier alpha value is -2.88. The predicted octanol–water partition coefficient (Wildman–Crippen LogP) is 3.99. The van der Waals surface area contributed by atoms with E-state index < -0.39 is 5.97 Å². The zero-order chi connectivity index (χ0) is 14.8. The maximum atomic E-state index is 11.3. The van der Waals surface area contributed by atoms with Crippen LogP contribution in [0.5, 0.6) is 0 Å². The third-order valence-corrected chi connectivity index (χ3v) is 3.40. The molecule has 21 heavy (non-hydrogen) atoms. The third-order valence-electron chi connectivity index (χ3n) is 3.40. The van der Waals surface area contributed by atoms with Gasteiger partial charge in [-0.2, -0.15) is 0 Å². The quantitative estimate of drug-likeness (QED) is 0.760. The van der Waals surface area contributed by atoms with E-state index in [4.69, 9.17) is 0 Å². The molecule has 0 unspecified atom stereocenters. The van der Waals surface area contributed by atoms with Gasteiger partial charge in [0.25, 0.3) is 0 Å². The van der Waals surface area contributed by atoms with Crippen LogP contribution in [0.1, 0.15) is 15.9 Å². The summed E-state index contributed by atoms with van der Waals surface area (Å²) in [6, 6.07) is 14.6. The Morgan fingerprint density at radius 3 is 2.67 bits per heavy atom. The largest absolute Gasteiger partial charge is 0.478 e. The topological polar surface area (TPSA) is 62.2 Å². The summed E-state index contributed by atoms with van der Waals surface area (Å²) in [6.07, 6.45) is 1.72. The van der Waals surface area contributed by atoms with Gasteiger partial charge in [-0.1, -0.05) is 30.3 Å². The van der Waals surface area contributed by atoms with Gasteiger partial charge in [-0.25, -0.2) is 4.79 Å². The molecule has 0 amide bonds. The number of benzene rings is 2. The second kappa shape index (κ2) is 5.25. The highest BCUT2D eigenvalue weighted by Gasteiger charge is 2.10. The van der Waals surface area contributed by atoms with Crippen molar-refractivity contribution in [3.05, 3.63) is 65.9 Å². The maximum Gasteiger partial charge on any atom is 0.337 e. The Bertz CT molecular complexity index is 828. The van der Waals surface area contributed by atoms with Gasteiger partial charge in [-0.3, -0.25) is 4.98 Å². The lowest BCUT2D eigenvalue weighted by molar-refractivity contribution is 0.0698. The van der Waals surface area contributed by atoms with Gasteiger partial charge in [0.1, 0.15) is 0 Å². The van der Waals surface area contributed by atoms with E-state index in [-0.39, 0.29) is 5.56 Å². The number of hydrogen-bond donors (Lipinski definition) is 2. The van der Waals surface area contributed by atoms with Crippen molar-refractivity contribution in [1.29, 1.82) is 0 Å². The first-order valence-electron chi connectivity index (χ1n) is 6.60. The lowest BCUT2D eigenvalue weighted by atomic mass is 10.1. The molecule has 104 valence electrons. The minimum Gasteiger partial charge on any atom is -0.478 e. The van der Waals surface area contributed by atoms with E-state index in [0.29, 0.717) is 5.69 Å². The third kappa shape index (κ3) is 2.43. The molecular formula is C17H14N2O2. The SMILES string of the molecule is Cc1cccc2c(Nc3ccccc3C(=O)O)ccnc12. The number of anilines is 2. The molecule has 1 aromatic heterocycles. The number of aromatic nitrogens is 1. The fourth-order valence-electron chi connectivity index (χ4n) is 2.36. The lowest BCUT2D eigenvalue weighted by Crippen LogP contribution is -2.02. The first-order valence-corrected chi connectivity index (χ1v) is 6.60. The summed E-state index contributed by atoms with van der Waals surface area (Å²) in [5.74, 6) is -0.951. The van der Waals surface area contributed by atoms with Crippen LogP contribution in [-0.2, 0) is 0 Å². The van der Waals surface area contributed by atoms with Crippen LogP contribution < -0.4 is 5.32 Å². The summed E-state index contributed by atoms with van der Waals surface area (Å²) in [4.78, 5) is 15.7. The number of fused-ring (bicyclic) bond motifs is 1. The Morgan fingerprint density at radius 1 is 1.05 bits per heavy atom. The van der Waals surface area contributed by atoms with Crippen LogP contribution in [0.4, 0.5) is 11.4 Å². The molecular weight excluding hydrogens is 264 g/mol.